The Labute approximate surface area is 95.2 Å². The van der Waals surface area contributed by atoms with Crippen LogP contribution in [0.1, 0.15) is 19.0 Å². The predicted octanol–water partition coefficient (Wildman–Crippen LogP) is 0.803. The Balaban J connectivity index is 2.66. The Bertz CT molecular complexity index is 465. The van der Waals surface area contributed by atoms with Crippen molar-refractivity contribution in [3.05, 3.63) is 30.1 Å². The standard InChI is InChI=1S/C10H13N3O2S/c1-2-10(7-11)16(14,15)13-8-9-5-3-4-6-12-9/h3-6,10,13H,2,8H2,1H3. The van der Waals surface area contributed by atoms with E-state index < -0.39 is 15.3 Å². The highest BCUT2D eigenvalue weighted by Crippen LogP contribution is 2.03. The smallest absolute Gasteiger partial charge is 0.228 e. The molecule has 5 nitrogen and oxygen atoms in total. The molecule has 0 aliphatic carbocycles. The molecule has 86 valence electrons. The van der Waals surface area contributed by atoms with E-state index in [2.05, 4.69) is 9.71 Å². The van der Waals surface area contributed by atoms with Crippen LogP contribution in [0.5, 0.6) is 0 Å². The quantitative estimate of drug-likeness (QED) is 0.824. The molecule has 0 aromatic carbocycles. The molecule has 0 saturated carbocycles. The van der Waals surface area contributed by atoms with E-state index in [4.69, 9.17) is 5.26 Å². The molecule has 1 aromatic heterocycles. The molecule has 1 unspecified atom stereocenters. The number of hydrogen-bond donors (Lipinski definition) is 1. The minimum atomic E-state index is -3.57. The molecule has 0 spiro atoms. The number of nitrogens with one attached hydrogen (secondary N) is 1. The van der Waals surface area contributed by atoms with Gasteiger partial charge < -0.3 is 0 Å². The van der Waals surface area contributed by atoms with Crippen LogP contribution in [0.4, 0.5) is 0 Å². The monoisotopic (exact) mass is 239 g/mol. The van der Waals surface area contributed by atoms with Crippen molar-refractivity contribution < 1.29 is 8.42 Å². The summed E-state index contributed by atoms with van der Waals surface area (Å²) in [5, 5.41) is 7.67. The molecule has 1 N–H and O–H groups in total. The lowest BCUT2D eigenvalue weighted by atomic mass is 10.4. The first-order valence-corrected chi connectivity index (χ1v) is 6.42. The maximum atomic E-state index is 11.6. The number of nitriles is 1. The summed E-state index contributed by atoms with van der Waals surface area (Å²) >= 11 is 0. The molecule has 1 atom stereocenters. The fraction of sp³-hybridized carbons (Fsp3) is 0.400. The maximum Gasteiger partial charge on any atom is 0.228 e. The zero-order chi connectivity index (χ0) is 12.0. The number of pyridine rings is 1. The number of nitrogens with zero attached hydrogens (tertiary/aromatic N) is 2. The van der Waals surface area contributed by atoms with E-state index in [0.717, 1.165) is 0 Å². The normalized spacial score (nSPS) is 13.0. The Morgan fingerprint density at radius 2 is 2.31 bits per heavy atom. The lowest BCUT2D eigenvalue weighted by molar-refractivity contribution is 0.571. The molecule has 16 heavy (non-hydrogen) atoms. The summed E-state index contributed by atoms with van der Waals surface area (Å²) < 4.78 is 25.6. The number of sulfonamides is 1. The van der Waals surface area contributed by atoms with Gasteiger partial charge in [0.1, 0.15) is 0 Å². The molecule has 0 fully saturated rings. The summed E-state index contributed by atoms with van der Waals surface area (Å²) in [5.41, 5.74) is 0.624. The van der Waals surface area contributed by atoms with Gasteiger partial charge in [0.05, 0.1) is 18.3 Å². The summed E-state index contributed by atoms with van der Waals surface area (Å²) in [7, 11) is -3.57. The second kappa shape index (κ2) is 5.58. The van der Waals surface area contributed by atoms with E-state index in [-0.39, 0.29) is 13.0 Å². The van der Waals surface area contributed by atoms with Crippen molar-refractivity contribution in [3.63, 3.8) is 0 Å². The van der Waals surface area contributed by atoms with Gasteiger partial charge in [-0.2, -0.15) is 5.26 Å². The molecule has 1 heterocycles. The molecular formula is C10H13N3O2S. The van der Waals surface area contributed by atoms with Crippen LogP contribution in [0.3, 0.4) is 0 Å². The van der Waals surface area contributed by atoms with Crippen molar-refractivity contribution in [1.29, 1.82) is 5.26 Å². The van der Waals surface area contributed by atoms with Crippen LogP contribution in [0.2, 0.25) is 0 Å². The van der Waals surface area contributed by atoms with Crippen molar-refractivity contribution >= 4 is 10.0 Å². The molecule has 0 bridgehead atoms. The van der Waals surface area contributed by atoms with Crippen molar-refractivity contribution in [1.82, 2.24) is 9.71 Å². The Hall–Kier alpha value is -1.45. The molecule has 0 aliphatic heterocycles. The highest BCUT2D eigenvalue weighted by molar-refractivity contribution is 7.90. The van der Waals surface area contributed by atoms with Crippen LogP contribution in [0, 0.1) is 11.3 Å². The average molecular weight is 239 g/mol. The van der Waals surface area contributed by atoms with Crippen molar-refractivity contribution in [3.8, 4) is 6.07 Å². The van der Waals surface area contributed by atoms with Crippen LogP contribution >= 0.6 is 0 Å². The van der Waals surface area contributed by atoms with E-state index in [9.17, 15) is 8.42 Å². The van der Waals surface area contributed by atoms with E-state index in [0.29, 0.717) is 5.69 Å². The first kappa shape index (κ1) is 12.6. The van der Waals surface area contributed by atoms with Crippen molar-refractivity contribution in [2.75, 3.05) is 0 Å². The zero-order valence-corrected chi connectivity index (χ0v) is 9.74. The van der Waals surface area contributed by atoms with Gasteiger partial charge in [-0.3, -0.25) is 4.98 Å². The second-order valence-corrected chi connectivity index (χ2v) is 5.16. The number of aromatic nitrogens is 1. The lowest BCUT2D eigenvalue weighted by Gasteiger charge is -2.09. The SMILES string of the molecule is CCC(C#N)S(=O)(=O)NCc1ccccn1. The van der Waals surface area contributed by atoms with Gasteiger partial charge in [0.25, 0.3) is 0 Å². The van der Waals surface area contributed by atoms with Crippen LogP contribution < -0.4 is 4.72 Å². The van der Waals surface area contributed by atoms with Crippen LogP contribution in [-0.4, -0.2) is 18.7 Å². The van der Waals surface area contributed by atoms with Gasteiger partial charge in [0, 0.05) is 6.20 Å². The maximum absolute atomic E-state index is 11.6. The highest BCUT2D eigenvalue weighted by atomic mass is 32.2. The minimum Gasteiger partial charge on any atom is -0.260 e. The fourth-order valence-corrected chi connectivity index (χ4v) is 2.29. The number of hydrogen-bond acceptors (Lipinski definition) is 4. The highest BCUT2D eigenvalue weighted by Gasteiger charge is 2.22. The summed E-state index contributed by atoms with van der Waals surface area (Å²) in [4.78, 5) is 3.98. The van der Waals surface area contributed by atoms with Gasteiger partial charge in [-0.25, -0.2) is 13.1 Å². The van der Waals surface area contributed by atoms with Crippen molar-refractivity contribution in [2.24, 2.45) is 0 Å². The van der Waals surface area contributed by atoms with E-state index in [1.54, 1.807) is 37.4 Å². The molecular weight excluding hydrogens is 226 g/mol. The first-order valence-electron chi connectivity index (χ1n) is 4.88. The molecule has 1 rings (SSSR count). The number of rotatable bonds is 5. The van der Waals surface area contributed by atoms with Crippen LogP contribution in [0.15, 0.2) is 24.4 Å². The van der Waals surface area contributed by atoms with Crippen molar-refractivity contribution in [2.45, 2.75) is 25.1 Å². The Kier molecular flexibility index (Phi) is 4.40. The van der Waals surface area contributed by atoms with Gasteiger partial charge >= 0.3 is 0 Å². The topological polar surface area (TPSA) is 82.8 Å². The first-order chi connectivity index (χ1) is 7.60. The summed E-state index contributed by atoms with van der Waals surface area (Å²) in [6.07, 6.45) is 1.86. The van der Waals surface area contributed by atoms with E-state index in [1.165, 1.54) is 0 Å². The summed E-state index contributed by atoms with van der Waals surface area (Å²) in [6, 6.07) is 7.00. The molecule has 0 radical (unpaired) electrons. The van der Waals surface area contributed by atoms with Gasteiger partial charge in [-0.05, 0) is 18.6 Å². The molecule has 1 aromatic rings. The fourth-order valence-electron chi connectivity index (χ4n) is 1.16. The van der Waals surface area contributed by atoms with Gasteiger partial charge in [0.2, 0.25) is 10.0 Å². The van der Waals surface area contributed by atoms with Gasteiger partial charge in [0.15, 0.2) is 5.25 Å². The van der Waals surface area contributed by atoms with Gasteiger partial charge in [-0.15, -0.1) is 0 Å². The van der Waals surface area contributed by atoms with Gasteiger partial charge in [-0.1, -0.05) is 13.0 Å². The lowest BCUT2D eigenvalue weighted by Crippen LogP contribution is -2.32. The third-order valence-corrected chi connectivity index (χ3v) is 3.80. The third kappa shape index (κ3) is 3.29. The zero-order valence-electron chi connectivity index (χ0n) is 8.92. The van der Waals surface area contributed by atoms with E-state index >= 15 is 0 Å². The molecule has 0 amide bonds. The van der Waals surface area contributed by atoms with E-state index in [1.807, 2.05) is 0 Å². The Morgan fingerprint density at radius 1 is 1.56 bits per heavy atom. The second-order valence-electron chi connectivity index (χ2n) is 3.21. The predicted molar refractivity (Wildman–Crippen MR) is 59.7 cm³/mol. The van der Waals surface area contributed by atoms with Crippen LogP contribution in [0.25, 0.3) is 0 Å². The molecule has 0 saturated heterocycles. The largest absolute Gasteiger partial charge is 0.260 e. The summed E-state index contributed by atoms with van der Waals surface area (Å²) in [6.45, 7) is 1.77. The Morgan fingerprint density at radius 3 is 2.81 bits per heavy atom. The molecule has 0 aliphatic rings. The summed E-state index contributed by atoms with van der Waals surface area (Å²) in [5.74, 6) is 0. The minimum absolute atomic E-state index is 0.112. The average Bonchev–Trinajstić information content (AvgIpc) is 2.29. The third-order valence-electron chi connectivity index (χ3n) is 2.07. The van der Waals surface area contributed by atoms with Crippen LogP contribution in [-0.2, 0) is 16.6 Å². The molecule has 6 heteroatoms.